The number of rotatable bonds is 7. The number of hydrogen-bond acceptors (Lipinski definition) is 12. The smallest absolute Gasteiger partial charge is 0.335 e. The Balaban J connectivity index is 1.56. The lowest BCUT2D eigenvalue weighted by Crippen LogP contribution is -2.83. The number of aliphatic hydroxyl groups excluding tert-OH is 1. The molecule has 14 heteroatoms. The molecule has 202 valence electrons. The van der Waals surface area contributed by atoms with Crippen LogP contribution in [0.15, 0.2) is 48.5 Å². The minimum absolute atomic E-state index is 0.0330. The first kappa shape index (κ1) is 27.2. The summed E-state index contributed by atoms with van der Waals surface area (Å²) in [6.45, 7) is 0. The summed E-state index contributed by atoms with van der Waals surface area (Å²) in [5, 5.41) is 105. The van der Waals surface area contributed by atoms with Crippen LogP contribution in [0.5, 0.6) is 23.0 Å². The van der Waals surface area contributed by atoms with Gasteiger partial charge in [0.15, 0.2) is 22.9 Å². The predicted molar refractivity (Wildman–Crippen MR) is 130 cm³/mol. The maximum Gasteiger partial charge on any atom is 0.335 e. The molecule has 0 saturated carbocycles. The molecule has 0 spiro atoms. The Kier molecular flexibility index (Phi) is 6.58. The molecule has 0 aromatic heterocycles. The van der Waals surface area contributed by atoms with Crippen molar-refractivity contribution in [3.8, 4) is 34.1 Å². The third-order valence-corrected chi connectivity index (χ3v) is 6.61. The molecular formula is C24H23ClN2O11. The van der Waals surface area contributed by atoms with Gasteiger partial charge in [-0.3, -0.25) is 5.32 Å². The van der Waals surface area contributed by atoms with Crippen molar-refractivity contribution >= 4 is 23.3 Å². The molecule has 12 N–H and O–H groups in total. The van der Waals surface area contributed by atoms with E-state index in [0.29, 0.717) is 11.1 Å². The van der Waals surface area contributed by atoms with Crippen LogP contribution >= 0.6 is 11.6 Å². The van der Waals surface area contributed by atoms with Crippen LogP contribution in [0.2, 0.25) is 5.02 Å². The Bertz CT molecular complexity index is 1390. The molecule has 1 saturated heterocycles. The zero-order valence-corrected chi connectivity index (χ0v) is 19.9. The average molecular weight is 551 g/mol. The average Bonchev–Trinajstić information content (AvgIpc) is 2.85. The number of nitrogens with one attached hydrogen (secondary N) is 2. The Morgan fingerprint density at radius 2 is 1.53 bits per heavy atom. The third kappa shape index (κ3) is 4.41. The van der Waals surface area contributed by atoms with E-state index in [4.69, 9.17) is 11.6 Å². The zero-order chi connectivity index (χ0) is 28.2. The second kappa shape index (κ2) is 9.18. The van der Waals surface area contributed by atoms with Crippen LogP contribution in [0.4, 0.5) is 5.69 Å². The van der Waals surface area contributed by atoms with E-state index < -0.39 is 69.4 Å². The Morgan fingerprint density at radius 3 is 2.13 bits per heavy atom. The first-order valence-electron chi connectivity index (χ1n) is 10.8. The first-order valence-corrected chi connectivity index (χ1v) is 11.2. The number of phenolic OH excluding ortho intramolecular Hbond substituents is 4. The minimum atomic E-state index is -3.18. The van der Waals surface area contributed by atoms with Crippen molar-refractivity contribution in [2.75, 3.05) is 5.32 Å². The number of aromatic carboxylic acids is 1. The van der Waals surface area contributed by atoms with Crippen LogP contribution < -0.4 is 10.6 Å². The lowest BCUT2D eigenvalue weighted by atomic mass is 9.79. The molecule has 13 nitrogen and oxygen atoms in total. The number of benzene rings is 3. The summed E-state index contributed by atoms with van der Waals surface area (Å²) >= 11 is 5.66. The van der Waals surface area contributed by atoms with E-state index in [-0.39, 0.29) is 11.3 Å². The summed E-state index contributed by atoms with van der Waals surface area (Å²) in [6.07, 6.45) is -3.30. The van der Waals surface area contributed by atoms with Gasteiger partial charge in [-0.2, -0.15) is 0 Å². The van der Waals surface area contributed by atoms with Crippen LogP contribution in [-0.2, 0) is 0 Å². The zero-order valence-electron chi connectivity index (χ0n) is 19.2. The molecule has 0 aliphatic carbocycles. The Hall–Kier alpha value is -3.82. The fourth-order valence-corrected chi connectivity index (χ4v) is 4.39. The molecule has 38 heavy (non-hydrogen) atoms. The van der Waals surface area contributed by atoms with E-state index in [0.717, 1.165) is 0 Å². The molecule has 3 aromatic carbocycles. The quantitative estimate of drug-likeness (QED) is 0.110. The van der Waals surface area contributed by atoms with Gasteiger partial charge in [0.25, 0.3) is 5.91 Å². The van der Waals surface area contributed by atoms with Gasteiger partial charge >= 0.3 is 5.97 Å². The predicted octanol–water partition coefficient (Wildman–Crippen LogP) is 0.682. The van der Waals surface area contributed by atoms with Gasteiger partial charge in [0, 0.05) is 12.1 Å². The summed E-state index contributed by atoms with van der Waals surface area (Å²) in [4.78, 5) is 11.3. The largest absolute Gasteiger partial charge is 0.506 e. The van der Waals surface area contributed by atoms with E-state index in [1.807, 2.05) is 5.32 Å². The number of phenols is 4. The molecule has 1 fully saturated rings. The molecule has 3 unspecified atom stereocenters. The number of aromatic hydroxyl groups is 4. The number of aliphatic hydroxyl groups is 5. The van der Waals surface area contributed by atoms with Gasteiger partial charge in [0.1, 0.15) is 16.9 Å². The summed E-state index contributed by atoms with van der Waals surface area (Å²) in [7, 11) is 0. The molecule has 0 bridgehead atoms. The van der Waals surface area contributed by atoms with Crippen LogP contribution in [-0.4, -0.2) is 74.4 Å². The number of carboxylic acids is 1. The SMILES string of the molecule is O=C(O)c1cccc(-c2cccc(NC(O)(O)C3(O)CC(O)(C(O)c4c(O)c(O)c(O)c(Cl)c4O)N3)c2)c1. The molecular weight excluding hydrogens is 528 g/mol. The molecule has 3 atom stereocenters. The normalized spacial score (nSPS) is 21.9. The van der Waals surface area contributed by atoms with Crippen molar-refractivity contribution in [1.29, 1.82) is 0 Å². The van der Waals surface area contributed by atoms with Crippen molar-refractivity contribution < 1.29 is 55.9 Å². The van der Waals surface area contributed by atoms with Gasteiger partial charge in [-0.25, -0.2) is 4.79 Å². The highest BCUT2D eigenvalue weighted by Gasteiger charge is 2.67. The van der Waals surface area contributed by atoms with Crippen LogP contribution in [0.1, 0.15) is 28.4 Å². The first-order chi connectivity index (χ1) is 17.6. The van der Waals surface area contributed by atoms with E-state index in [2.05, 4.69) is 5.32 Å². The van der Waals surface area contributed by atoms with Crippen molar-refractivity contribution in [1.82, 2.24) is 5.32 Å². The van der Waals surface area contributed by atoms with E-state index in [1.165, 1.54) is 36.4 Å². The van der Waals surface area contributed by atoms with E-state index in [9.17, 15) is 55.9 Å². The van der Waals surface area contributed by atoms with Crippen molar-refractivity contribution in [2.24, 2.45) is 0 Å². The van der Waals surface area contributed by atoms with Gasteiger partial charge in [-0.1, -0.05) is 35.9 Å². The van der Waals surface area contributed by atoms with Gasteiger partial charge in [0.05, 0.1) is 11.1 Å². The van der Waals surface area contributed by atoms with Crippen molar-refractivity contribution in [2.45, 2.75) is 29.9 Å². The van der Waals surface area contributed by atoms with Gasteiger partial charge in [-0.05, 0) is 35.4 Å². The number of anilines is 1. The van der Waals surface area contributed by atoms with Crippen molar-refractivity contribution in [3.63, 3.8) is 0 Å². The Labute approximate surface area is 218 Å². The number of carbonyl (C=O) groups is 1. The van der Waals surface area contributed by atoms with Crippen LogP contribution in [0.25, 0.3) is 11.1 Å². The minimum Gasteiger partial charge on any atom is -0.506 e. The summed E-state index contributed by atoms with van der Waals surface area (Å²) in [5.41, 5.74) is -5.12. The monoisotopic (exact) mass is 550 g/mol. The lowest BCUT2D eigenvalue weighted by Gasteiger charge is -2.56. The molecule has 1 aliphatic heterocycles. The van der Waals surface area contributed by atoms with Crippen LogP contribution in [0.3, 0.4) is 0 Å². The number of carboxylic acid groups (broad SMARTS) is 1. The number of hydrogen-bond donors (Lipinski definition) is 12. The second-order valence-corrected chi connectivity index (χ2v) is 9.25. The van der Waals surface area contributed by atoms with E-state index >= 15 is 0 Å². The number of halogens is 1. The standard InChI is InChI=1S/C24H23ClN2O11/c25-15-16(28)14(17(29)19(31)18(15)30)20(32)22(35)9-23(36,27-22)24(37,38)26-13-6-2-4-11(8-13)10-3-1-5-12(7-10)21(33)34/h1-8,20,26-32,35-38H,9H2,(H,33,34). The lowest BCUT2D eigenvalue weighted by molar-refractivity contribution is -0.360. The summed E-state index contributed by atoms with van der Waals surface area (Å²) < 4.78 is 0. The van der Waals surface area contributed by atoms with E-state index in [1.54, 1.807) is 12.1 Å². The maximum absolute atomic E-state index is 11.3. The molecule has 4 rings (SSSR count). The highest BCUT2D eigenvalue weighted by Crippen LogP contribution is 2.55. The fraction of sp³-hybridized carbons (Fsp3) is 0.208. The van der Waals surface area contributed by atoms with Crippen LogP contribution in [0, 0.1) is 0 Å². The third-order valence-electron chi connectivity index (χ3n) is 6.25. The van der Waals surface area contributed by atoms with Crippen molar-refractivity contribution in [3.05, 3.63) is 64.7 Å². The molecule has 1 heterocycles. The topological polar surface area (TPSA) is 243 Å². The second-order valence-electron chi connectivity index (χ2n) is 8.87. The summed E-state index contributed by atoms with van der Waals surface area (Å²) in [6, 6.07) is 12.0. The Morgan fingerprint density at radius 1 is 0.947 bits per heavy atom. The molecule has 0 radical (unpaired) electrons. The highest BCUT2D eigenvalue weighted by molar-refractivity contribution is 6.34. The van der Waals surface area contributed by atoms with Gasteiger partial charge < -0.3 is 56.4 Å². The maximum atomic E-state index is 11.3. The van der Waals surface area contributed by atoms with Gasteiger partial charge in [0.2, 0.25) is 5.75 Å². The molecule has 1 aliphatic rings. The highest BCUT2D eigenvalue weighted by atomic mass is 35.5. The summed E-state index contributed by atoms with van der Waals surface area (Å²) in [5.74, 6) is -8.91. The molecule has 3 aromatic rings. The van der Waals surface area contributed by atoms with Gasteiger partial charge in [-0.15, -0.1) is 0 Å². The molecule has 0 amide bonds. The fourth-order valence-electron chi connectivity index (χ4n) is 4.20.